The molecule has 0 spiro atoms. The second-order valence-electron chi connectivity index (χ2n) is 3.77. The van der Waals surface area contributed by atoms with E-state index in [4.69, 9.17) is 0 Å². The van der Waals surface area contributed by atoms with Gasteiger partial charge in [0.25, 0.3) is 0 Å². The molecular formula is C9H20N4O. The van der Waals surface area contributed by atoms with Crippen molar-refractivity contribution in [1.82, 2.24) is 20.4 Å². The lowest BCUT2D eigenvalue weighted by atomic mass is 10.4. The van der Waals surface area contributed by atoms with E-state index in [9.17, 15) is 4.79 Å². The Morgan fingerprint density at radius 2 is 2.07 bits per heavy atom. The molecule has 2 amide bonds. The Morgan fingerprint density at radius 3 is 2.64 bits per heavy atom. The SMILES string of the molecule is CN(C)CCNC(=O)N1CCNCC1. The van der Waals surface area contributed by atoms with E-state index in [1.807, 2.05) is 19.0 Å². The number of hydrogen-bond acceptors (Lipinski definition) is 3. The second-order valence-corrected chi connectivity index (χ2v) is 3.77. The maximum absolute atomic E-state index is 11.5. The highest BCUT2D eigenvalue weighted by Crippen LogP contribution is 1.92. The molecule has 1 fully saturated rings. The lowest BCUT2D eigenvalue weighted by molar-refractivity contribution is 0.189. The third-order valence-corrected chi connectivity index (χ3v) is 2.24. The van der Waals surface area contributed by atoms with Gasteiger partial charge in [-0.1, -0.05) is 0 Å². The summed E-state index contributed by atoms with van der Waals surface area (Å²) in [6.07, 6.45) is 0. The summed E-state index contributed by atoms with van der Waals surface area (Å²) in [5.74, 6) is 0. The van der Waals surface area contributed by atoms with Gasteiger partial charge in [0.15, 0.2) is 0 Å². The third kappa shape index (κ3) is 3.93. The lowest BCUT2D eigenvalue weighted by Crippen LogP contribution is -2.50. The number of nitrogens with one attached hydrogen (secondary N) is 2. The van der Waals surface area contributed by atoms with E-state index in [2.05, 4.69) is 15.5 Å². The molecule has 2 N–H and O–H groups in total. The fourth-order valence-electron chi connectivity index (χ4n) is 1.37. The highest BCUT2D eigenvalue weighted by molar-refractivity contribution is 5.74. The quantitative estimate of drug-likeness (QED) is 0.625. The molecular weight excluding hydrogens is 180 g/mol. The Hall–Kier alpha value is -0.810. The van der Waals surface area contributed by atoms with Crippen molar-refractivity contribution >= 4 is 6.03 Å². The van der Waals surface area contributed by atoms with Crippen molar-refractivity contribution in [3.8, 4) is 0 Å². The van der Waals surface area contributed by atoms with Crippen LogP contribution in [-0.4, -0.2) is 69.2 Å². The van der Waals surface area contributed by atoms with Gasteiger partial charge >= 0.3 is 6.03 Å². The van der Waals surface area contributed by atoms with Gasteiger partial charge < -0.3 is 20.4 Å². The zero-order chi connectivity index (χ0) is 10.4. The Kier molecular flexibility index (Phi) is 4.69. The summed E-state index contributed by atoms with van der Waals surface area (Å²) in [4.78, 5) is 15.5. The molecule has 0 aromatic heterocycles. The van der Waals surface area contributed by atoms with Crippen molar-refractivity contribution in [2.45, 2.75) is 0 Å². The van der Waals surface area contributed by atoms with Crippen LogP contribution in [0.3, 0.4) is 0 Å². The number of nitrogens with zero attached hydrogens (tertiary/aromatic N) is 2. The van der Waals surface area contributed by atoms with Gasteiger partial charge in [0, 0.05) is 39.3 Å². The molecule has 0 unspecified atom stereocenters. The van der Waals surface area contributed by atoms with Crippen LogP contribution in [0.4, 0.5) is 4.79 Å². The zero-order valence-corrected chi connectivity index (χ0v) is 9.05. The van der Waals surface area contributed by atoms with Crippen LogP contribution in [-0.2, 0) is 0 Å². The number of hydrogen-bond donors (Lipinski definition) is 2. The highest BCUT2D eigenvalue weighted by atomic mass is 16.2. The average molecular weight is 200 g/mol. The van der Waals surface area contributed by atoms with Gasteiger partial charge in [0.2, 0.25) is 0 Å². The molecule has 0 atom stereocenters. The van der Waals surface area contributed by atoms with E-state index in [-0.39, 0.29) is 6.03 Å². The maximum atomic E-state index is 11.5. The summed E-state index contributed by atoms with van der Waals surface area (Å²) in [5.41, 5.74) is 0. The molecule has 82 valence electrons. The first-order chi connectivity index (χ1) is 6.70. The minimum Gasteiger partial charge on any atom is -0.337 e. The molecule has 14 heavy (non-hydrogen) atoms. The molecule has 1 rings (SSSR count). The third-order valence-electron chi connectivity index (χ3n) is 2.24. The number of urea groups is 1. The van der Waals surface area contributed by atoms with Gasteiger partial charge in [0.1, 0.15) is 0 Å². The van der Waals surface area contributed by atoms with E-state index in [1.54, 1.807) is 0 Å². The van der Waals surface area contributed by atoms with Crippen LogP contribution in [0, 0.1) is 0 Å². The summed E-state index contributed by atoms with van der Waals surface area (Å²) < 4.78 is 0. The fourth-order valence-corrected chi connectivity index (χ4v) is 1.37. The largest absolute Gasteiger partial charge is 0.337 e. The fraction of sp³-hybridized carbons (Fsp3) is 0.889. The second kappa shape index (κ2) is 5.82. The summed E-state index contributed by atoms with van der Waals surface area (Å²) in [6, 6.07) is 0.0633. The number of piperazine rings is 1. The average Bonchev–Trinajstić information content (AvgIpc) is 2.18. The molecule has 0 bridgehead atoms. The normalized spacial score (nSPS) is 17.2. The Bertz CT molecular complexity index is 178. The first-order valence-electron chi connectivity index (χ1n) is 5.08. The Balaban J connectivity index is 2.13. The number of amides is 2. The molecule has 0 radical (unpaired) electrons. The van der Waals surface area contributed by atoms with Crippen LogP contribution in [0.15, 0.2) is 0 Å². The van der Waals surface area contributed by atoms with Gasteiger partial charge in [0.05, 0.1) is 0 Å². The van der Waals surface area contributed by atoms with Crippen molar-refractivity contribution in [1.29, 1.82) is 0 Å². The van der Waals surface area contributed by atoms with Crippen molar-refractivity contribution in [3.63, 3.8) is 0 Å². The molecule has 0 aromatic rings. The van der Waals surface area contributed by atoms with Crippen LogP contribution in [0.2, 0.25) is 0 Å². The van der Waals surface area contributed by atoms with Gasteiger partial charge in [-0.3, -0.25) is 0 Å². The first kappa shape index (κ1) is 11.3. The number of carbonyl (C=O) groups is 1. The van der Waals surface area contributed by atoms with Gasteiger partial charge in [-0.2, -0.15) is 0 Å². The molecule has 1 heterocycles. The summed E-state index contributed by atoms with van der Waals surface area (Å²) >= 11 is 0. The van der Waals surface area contributed by atoms with Gasteiger partial charge in [-0.05, 0) is 14.1 Å². The van der Waals surface area contributed by atoms with E-state index in [0.717, 1.165) is 39.3 Å². The van der Waals surface area contributed by atoms with Gasteiger partial charge in [-0.25, -0.2) is 4.79 Å². The molecule has 0 aromatic carbocycles. The predicted molar refractivity (Wildman–Crippen MR) is 56.4 cm³/mol. The Morgan fingerprint density at radius 1 is 1.43 bits per heavy atom. The molecule has 1 saturated heterocycles. The minimum absolute atomic E-state index is 0.0633. The monoisotopic (exact) mass is 200 g/mol. The maximum Gasteiger partial charge on any atom is 0.317 e. The van der Waals surface area contributed by atoms with Crippen LogP contribution in [0.1, 0.15) is 0 Å². The van der Waals surface area contributed by atoms with E-state index < -0.39 is 0 Å². The van der Waals surface area contributed by atoms with Crippen LogP contribution >= 0.6 is 0 Å². The summed E-state index contributed by atoms with van der Waals surface area (Å²) in [5, 5.41) is 6.12. The van der Waals surface area contributed by atoms with Crippen molar-refractivity contribution in [2.24, 2.45) is 0 Å². The molecule has 0 saturated carbocycles. The zero-order valence-electron chi connectivity index (χ0n) is 9.05. The van der Waals surface area contributed by atoms with E-state index in [1.165, 1.54) is 0 Å². The van der Waals surface area contributed by atoms with Gasteiger partial charge in [-0.15, -0.1) is 0 Å². The van der Waals surface area contributed by atoms with Crippen LogP contribution < -0.4 is 10.6 Å². The van der Waals surface area contributed by atoms with E-state index >= 15 is 0 Å². The predicted octanol–water partition coefficient (Wildman–Crippen LogP) is -0.837. The van der Waals surface area contributed by atoms with Crippen molar-refractivity contribution < 1.29 is 4.79 Å². The molecule has 0 aliphatic carbocycles. The number of likely N-dealkylation sites (N-methyl/N-ethyl adjacent to an activating group) is 1. The first-order valence-corrected chi connectivity index (χ1v) is 5.08. The molecule has 1 aliphatic heterocycles. The molecule has 5 nitrogen and oxygen atoms in total. The Labute approximate surface area is 85.4 Å². The molecule has 1 aliphatic rings. The van der Waals surface area contributed by atoms with Crippen molar-refractivity contribution in [3.05, 3.63) is 0 Å². The minimum atomic E-state index is 0.0633. The topological polar surface area (TPSA) is 47.6 Å². The van der Waals surface area contributed by atoms with Crippen LogP contribution in [0.5, 0.6) is 0 Å². The highest BCUT2D eigenvalue weighted by Gasteiger charge is 2.14. The summed E-state index contributed by atoms with van der Waals surface area (Å²) in [6.45, 7) is 5.04. The van der Waals surface area contributed by atoms with E-state index in [0.29, 0.717) is 0 Å². The standard InChI is InChI=1S/C9H20N4O/c1-12(2)6-5-11-9(14)13-7-3-10-4-8-13/h10H,3-8H2,1-2H3,(H,11,14). The van der Waals surface area contributed by atoms with Crippen molar-refractivity contribution in [2.75, 3.05) is 53.4 Å². The summed E-state index contributed by atoms with van der Waals surface area (Å²) in [7, 11) is 3.99. The molecule has 5 heteroatoms. The number of carbonyl (C=O) groups excluding carboxylic acids is 1. The van der Waals surface area contributed by atoms with Crippen LogP contribution in [0.25, 0.3) is 0 Å². The smallest absolute Gasteiger partial charge is 0.317 e. The lowest BCUT2D eigenvalue weighted by Gasteiger charge is -2.27. The number of rotatable bonds is 3.